The SMILES string of the molecule is C[C]1C=CC(C)=CC1(C)O. The van der Waals surface area contributed by atoms with Crippen LogP contribution in [0.5, 0.6) is 0 Å². The molecule has 0 saturated heterocycles. The van der Waals surface area contributed by atoms with Crippen molar-refractivity contribution in [1.82, 2.24) is 0 Å². The van der Waals surface area contributed by atoms with E-state index in [-0.39, 0.29) is 0 Å². The summed E-state index contributed by atoms with van der Waals surface area (Å²) >= 11 is 0. The predicted octanol–water partition coefficient (Wildman–Crippen LogP) is 1.85. The van der Waals surface area contributed by atoms with Gasteiger partial charge in [0.05, 0.1) is 5.60 Å². The molecule has 1 aliphatic rings. The first-order valence-corrected chi connectivity index (χ1v) is 3.46. The molecule has 1 aliphatic carbocycles. The zero-order valence-corrected chi connectivity index (χ0v) is 6.68. The maximum Gasteiger partial charge on any atom is 0.0902 e. The number of hydrogen-bond donors (Lipinski definition) is 1. The van der Waals surface area contributed by atoms with Gasteiger partial charge >= 0.3 is 0 Å². The molecule has 0 aromatic heterocycles. The Labute approximate surface area is 62.1 Å². The summed E-state index contributed by atoms with van der Waals surface area (Å²) in [7, 11) is 0. The summed E-state index contributed by atoms with van der Waals surface area (Å²) in [6.45, 7) is 5.71. The highest BCUT2D eigenvalue weighted by Gasteiger charge is 2.26. The smallest absolute Gasteiger partial charge is 0.0902 e. The van der Waals surface area contributed by atoms with Gasteiger partial charge < -0.3 is 5.11 Å². The van der Waals surface area contributed by atoms with Crippen molar-refractivity contribution in [3.8, 4) is 0 Å². The minimum Gasteiger partial charge on any atom is -0.385 e. The molecule has 0 saturated carbocycles. The van der Waals surface area contributed by atoms with Crippen LogP contribution in [0.3, 0.4) is 0 Å². The summed E-state index contributed by atoms with van der Waals surface area (Å²) in [6.07, 6.45) is 5.82. The Bertz CT molecular complexity index is 187. The zero-order chi connectivity index (χ0) is 7.78. The quantitative estimate of drug-likeness (QED) is 0.540. The first kappa shape index (κ1) is 7.55. The average Bonchev–Trinajstić information content (AvgIpc) is 1.78. The van der Waals surface area contributed by atoms with E-state index in [0.717, 1.165) is 11.5 Å². The molecule has 0 aromatic carbocycles. The van der Waals surface area contributed by atoms with Gasteiger partial charge in [-0.2, -0.15) is 0 Å². The van der Waals surface area contributed by atoms with Gasteiger partial charge in [-0.25, -0.2) is 0 Å². The molecule has 1 N–H and O–H groups in total. The molecule has 1 nitrogen and oxygen atoms in total. The summed E-state index contributed by atoms with van der Waals surface area (Å²) in [5.41, 5.74) is 0.398. The highest BCUT2D eigenvalue weighted by atomic mass is 16.3. The standard InChI is InChI=1S/C9H13O/c1-7-4-5-8(2)9(3,10)6-7/h4-6,10H,1-3H3. The second-order valence-corrected chi connectivity index (χ2v) is 3.05. The van der Waals surface area contributed by atoms with Crippen LogP contribution in [-0.4, -0.2) is 10.7 Å². The van der Waals surface area contributed by atoms with E-state index in [1.807, 2.05) is 32.1 Å². The monoisotopic (exact) mass is 137 g/mol. The minimum absolute atomic E-state index is 0.723. The lowest BCUT2D eigenvalue weighted by molar-refractivity contribution is 0.131. The van der Waals surface area contributed by atoms with Gasteiger partial charge in [0.1, 0.15) is 0 Å². The van der Waals surface area contributed by atoms with Crippen LogP contribution >= 0.6 is 0 Å². The minimum atomic E-state index is -0.723. The van der Waals surface area contributed by atoms with Crippen LogP contribution < -0.4 is 0 Å². The maximum absolute atomic E-state index is 9.65. The highest BCUT2D eigenvalue weighted by molar-refractivity contribution is 5.37. The van der Waals surface area contributed by atoms with Crippen molar-refractivity contribution in [2.45, 2.75) is 26.4 Å². The van der Waals surface area contributed by atoms with E-state index in [2.05, 4.69) is 0 Å². The van der Waals surface area contributed by atoms with Crippen molar-refractivity contribution in [1.29, 1.82) is 0 Å². The second-order valence-electron chi connectivity index (χ2n) is 3.05. The molecular weight excluding hydrogens is 124 g/mol. The van der Waals surface area contributed by atoms with E-state index in [9.17, 15) is 5.11 Å². The third-order valence-corrected chi connectivity index (χ3v) is 1.90. The lowest BCUT2D eigenvalue weighted by Crippen LogP contribution is -2.29. The Morgan fingerprint density at radius 3 is 2.30 bits per heavy atom. The number of hydrogen-bond acceptors (Lipinski definition) is 1. The topological polar surface area (TPSA) is 20.2 Å². The fourth-order valence-corrected chi connectivity index (χ4v) is 1.03. The van der Waals surface area contributed by atoms with Crippen LogP contribution in [0.15, 0.2) is 23.8 Å². The molecule has 0 heterocycles. The molecule has 1 rings (SSSR count). The average molecular weight is 137 g/mol. The van der Waals surface area contributed by atoms with Gasteiger partial charge in [-0.3, -0.25) is 0 Å². The first-order valence-electron chi connectivity index (χ1n) is 3.46. The molecule has 55 valence electrons. The third kappa shape index (κ3) is 1.29. The van der Waals surface area contributed by atoms with E-state index in [4.69, 9.17) is 0 Å². The van der Waals surface area contributed by atoms with Crippen molar-refractivity contribution in [3.63, 3.8) is 0 Å². The predicted molar refractivity (Wildman–Crippen MR) is 42.4 cm³/mol. The summed E-state index contributed by atoms with van der Waals surface area (Å²) in [6, 6.07) is 0. The van der Waals surface area contributed by atoms with Gasteiger partial charge in [-0.05, 0) is 19.9 Å². The molecule has 1 heteroatoms. The molecule has 0 bridgehead atoms. The van der Waals surface area contributed by atoms with Crippen LogP contribution in [0.2, 0.25) is 0 Å². The van der Waals surface area contributed by atoms with E-state index in [0.29, 0.717) is 0 Å². The normalized spacial score (nSPS) is 34.2. The van der Waals surface area contributed by atoms with Crippen molar-refractivity contribution < 1.29 is 5.11 Å². The van der Waals surface area contributed by atoms with Crippen LogP contribution in [0, 0.1) is 5.92 Å². The molecule has 0 spiro atoms. The summed E-state index contributed by atoms with van der Waals surface area (Å²) in [5.74, 6) is 0.998. The summed E-state index contributed by atoms with van der Waals surface area (Å²) in [5, 5.41) is 9.65. The largest absolute Gasteiger partial charge is 0.385 e. The Morgan fingerprint density at radius 2 is 1.90 bits per heavy atom. The first-order chi connectivity index (χ1) is 4.52. The second kappa shape index (κ2) is 2.24. The van der Waals surface area contributed by atoms with Crippen LogP contribution in [0.25, 0.3) is 0 Å². The molecule has 10 heavy (non-hydrogen) atoms. The van der Waals surface area contributed by atoms with Crippen molar-refractivity contribution >= 4 is 0 Å². The van der Waals surface area contributed by atoms with Crippen LogP contribution in [0.1, 0.15) is 20.8 Å². The highest BCUT2D eigenvalue weighted by Crippen LogP contribution is 2.27. The lowest BCUT2D eigenvalue weighted by atomic mass is 9.85. The number of aliphatic hydroxyl groups is 1. The molecule has 0 fully saturated rings. The Hall–Kier alpha value is -0.560. The van der Waals surface area contributed by atoms with Crippen LogP contribution in [-0.2, 0) is 0 Å². The Balaban J connectivity index is 2.88. The summed E-state index contributed by atoms with van der Waals surface area (Å²) in [4.78, 5) is 0. The number of allylic oxidation sites excluding steroid dienone is 2. The van der Waals surface area contributed by atoms with Gasteiger partial charge in [0, 0.05) is 5.92 Å². The van der Waals surface area contributed by atoms with Crippen LogP contribution in [0.4, 0.5) is 0 Å². The molecule has 0 amide bonds. The lowest BCUT2D eigenvalue weighted by Gasteiger charge is -2.27. The van der Waals surface area contributed by atoms with Gasteiger partial charge in [0.15, 0.2) is 0 Å². The van der Waals surface area contributed by atoms with Gasteiger partial charge in [-0.15, -0.1) is 0 Å². The van der Waals surface area contributed by atoms with E-state index >= 15 is 0 Å². The zero-order valence-electron chi connectivity index (χ0n) is 6.68. The Kier molecular flexibility index (Phi) is 1.69. The molecule has 0 aromatic rings. The van der Waals surface area contributed by atoms with Crippen molar-refractivity contribution in [2.24, 2.45) is 0 Å². The van der Waals surface area contributed by atoms with Gasteiger partial charge in [0.2, 0.25) is 0 Å². The molecule has 1 unspecified atom stereocenters. The van der Waals surface area contributed by atoms with E-state index in [1.54, 1.807) is 6.92 Å². The maximum atomic E-state index is 9.65. The van der Waals surface area contributed by atoms with Gasteiger partial charge in [-0.1, -0.05) is 24.6 Å². The van der Waals surface area contributed by atoms with E-state index in [1.165, 1.54) is 0 Å². The van der Waals surface area contributed by atoms with E-state index < -0.39 is 5.60 Å². The fourth-order valence-electron chi connectivity index (χ4n) is 1.03. The third-order valence-electron chi connectivity index (χ3n) is 1.90. The molecule has 1 atom stereocenters. The summed E-state index contributed by atoms with van der Waals surface area (Å²) < 4.78 is 0. The van der Waals surface area contributed by atoms with Crippen molar-refractivity contribution in [3.05, 3.63) is 29.7 Å². The Morgan fingerprint density at radius 1 is 1.30 bits per heavy atom. The number of rotatable bonds is 0. The molecular formula is C9H13O. The molecule has 0 aliphatic heterocycles. The molecule has 1 radical (unpaired) electrons. The van der Waals surface area contributed by atoms with Gasteiger partial charge in [0.25, 0.3) is 0 Å². The van der Waals surface area contributed by atoms with Crippen molar-refractivity contribution in [2.75, 3.05) is 0 Å². The fraction of sp³-hybridized carbons (Fsp3) is 0.444.